The Balaban J connectivity index is 1.34. The molecule has 1 saturated heterocycles. The fourth-order valence-electron chi connectivity index (χ4n) is 3.53. The highest BCUT2D eigenvalue weighted by Crippen LogP contribution is 2.40. The maximum Gasteiger partial charge on any atom is 0.433 e. The van der Waals surface area contributed by atoms with Gasteiger partial charge in [-0.15, -0.1) is 0 Å². The van der Waals surface area contributed by atoms with Crippen LogP contribution < -0.4 is 9.80 Å². The summed E-state index contributed by atoms with van der Waals surface area (Å²) < 4.78 is 40.5. The molecule has 1 saturated carbocycles. The number of piperazine rings is 1. The zero-order chi connectivity index (χ0) is 19.3. The minimum absolute atomic E-state index is 0.112. The Hall–Kier alpha value is -2.91. The van der Waals surface area contributed by atoms with Crippen LogP contribution in [0.1, 0.15) is 30.1 Å². The summed E-state index contributed by atoms with van der Waals surface area (Å²) in [5.74, 6) is 1.52. The molecule has 10 heteroatoms. The van der Waals surface area contributed by atoms with Gasteiger partial charge in [-0.2, -0.15) is 18.3 Å². The third-order valence-corrected chi connectivity index (χ3v) is 5.18. The molecule has 3 aromatic heterocycles. The molecule has 1 aliphatic heterocycles. The Labute approximate surface area is 158 Å². The summed E-state index contributed by atoms with van der Waals surface area (Å²) in [6.45, 7) is 2.29. The molecule has 0 atom stereocenters. The number of aromatic nitrogens is 5. The van der Waals surface area contributed by atoms with E-state index in [1.165, 1.54) is 12.8 Å². The van der Waals surface area contributed by atoms with E-state index in [1.54, 1.807) is 11.1 Å². The van der Waals surface area contributed by atoms with Crippen molar-refractivity contribution in [2.75, 3.05) is 36.0 Å². The fraction of sp³-hybridized carbons (Fsp3) is 0.444. The number of anilines is 2. The van der Waals surface area contributed by atoms with Gasteiger partial charge in [-0.3, -0.25) is 0 Å². The van der Waals surface area contributed by atoms with Crippen LogP contribution in [0.3, 0.4) is 0 Å². The van der Waals surface area contributed by atoms with Gasteiger partial charge in [0.25, 0.3) is 0 Å². The first-order valence-electron chi connectivity index (χ1n) is 9.23. The van der Waals surface area contributed by atoms with Gasteiger partial charge < -0.3 is 9.80 Å². The van der Waals surface area contributed by atoms with Crippen molar-refractivity contribution in [3.8, 4) is 0 Å². The summed E-state index contributed by atoms with van der Waals surface area (Å²) in [7, 11) is 0. The molecule has 4 heterocycles. The SMILES string of the molecule is FC(F)(F)c1ccnc(N2CCN(c3nccn4nc(C5CC5)cc34)CC2)n1. The average molecular weight is 389 g/mol. The van der Waals surface area contributed by atoms with Gasteiger partial charge in [0.1, 0.15) is 11.2 Å². The number of alkyl halides is 3. The Kier molecular flexibility index (Phi) is 3.88. The van der Waals surface area contributed by atoms with Crippen molar-refractivity contribution in [1.29, 1.82) is 0 Å². The van der Waals surface area contributed by atoms with Crippen molar-refractivity contribution in [3.05, 3.63) is 42.1 Å². The Morgan fingerprint density at radius 1 is 0.964 bits per heavy atom. The summed E-state index contributed by atoms with van der Waals surface area (Å²) >= 11 is 0. The minimum Gasteiger partial charge on any atom is -0.351 e. The number of halogens is 3. The van der Waals surface area contributed by atoms with Gasteiger partial charge in [0.05, 0.1) is 5.69 Å². The Bertz CT molecular complexity index is 1000. The molecule has 0 aromatic carbocycles. The largest absolute Gasteiger partial charge is 0.433 e. The summed E-state index contributed by atoms with van der Waals surface area (Å²) in [5.41, 5.74) is 1.15. The molecule has 0 N–H and O–H groups in total. The quantitative estimate of drug-likeness (QED) is 0.687. The lowest BCUT2D eigenvalue weighted by molar-refractivity contribution is -0.141. The second-order valence-corrected chi connectivity index (χ2v) is 7.14. The van der Waals surface area contributed by atoms with E-state index in [9.17, 15) is 13.2 Å². The van der Waals surface area contributed by atoms with E-state index in [2.05, 4.69) is 31.0 Å². The van der Waals surface area contributed by atoms with Gasteiger partial charge in [0.2, 0.25) is 5.95 Å². The fourth-order valence-corrected chi connectivity index (χ4v) is 3.53. The van der Waals surface area contributed by atoms with Crippen molar-refractivity contribution in [1.82, 2.24) is 24.6 Å². The molecule has 146 valence electrons. The first kappa shape index (κ1) is 17.2. The molecule has 28 heavy (non-hydrogen) atoms. The summed E-state index contributed by atoms with van der Waals surface area (Å²) in [4.78, 5) is 16.2. The van der Waals surface area contributed by atoms with E-state index >= 15 is 0 Å². The van der Waals surface area contributed by atoms with E-state index in [-0.39, 0.29) is 5.95 Å². The molecule has 5 rings (SSSR count). The van der Waals surface area contributed by atoms with Crippen LogP contribution in [0.15, 0.2) is 30.7 Å². The molecule has 2 aliphatic rings. The average Bonchev–Trinajstić information content (AvgIpc) is 3.46. The zero-order valence-corrected chi connectivity index (χ0v) is 15.0. The van der Waals surface area contributed by atoms with Crippen LogP contribution in [0.5, 0.6) is 0 Å². The van der Waals surface area contributed by atoms with Crippen molar-refractivity contribution in [2.24, 2.45) is 0 Å². The molecule has 0 spiro atoms. The minimum atomic E-state index is -4.47. The predicted octanol–water partition coefficient (Wildman–Crippen LogP) is 2.74. The smallest absolute Gasteiger partial charge is 0.351 e. The van der Waals surface area contributed by atoms with Gasteiger partial charge in [0, 0.05) is 50.7 Å². The van der Waals surface area contributed by atoms with Gasteiger partial charge in [-0.05, 0) is 25.0 Å². The van der Waals surface area contributed by atoms with E-state index < -0.39 is 11.9 Å². The zero-order valence-electron chi connectivity index (χ0n) is 15.0. The van der Waals surface area contributed by atoms with E-state index in [1.807, 2.05) is 10.7 Å². The van der Waals surface area contributed by atoms with Crippen LogP contribution in [-0.2, 0) is 6.18 Å². The molecule has 0 unspecified atom stereocenters. The predicted molar refractivity (Wildman–Crippen MR) is 96.4 cm³/mol. The third kappa shape index (κ3) is 3.12. The van der Waals surface area contributed by atoms with E-state index in [0.29, 0.717) is 32.1 Å². The van der Waals surface area contributed by atoms with Crippen LogP contribution >= 0.6 is 0 Å². The monoisotopic (exact) mass is 389 g/mol. The lowest BCUT2D eigenvalue weighted by Crippen LogP contribution is -2.47. The lowest BCUT2D eigenvalue weighted by atomic mass is 10.2. The summed E-state index contributed by atoms with van der Waals surface area (Å²) in [6, 6.07) is 2.99. The van der Waals surface area contributed by atoms with Crippen molar-refractivity contribution in [2.45, 2.75) is 24.9 Å². The molecule has 7 nitrogen and oxygen atoms in total. The van der Waals surface area contributed by atoms with Crippen LogP contribution in [0.25, 0.3) is 5.52 Å². The maximum absolute atomic E-state index is 12.9. The van der Waals surface area contributed by atoms with Crippen molar-refractivity contribution >= 4 is 17.3 Å². The number of rotatable bonds is 3. The van der Waals surface area contributed by atoms with Crippen LogP contribution in [0.4, 0.5) is 24.9 Å². The third-order valence-electron chi connectivity index (χ3n) is 5.18. The van der Waals surface area contributed by atoms with Crippen molar-refractivity contribution in [3.63, 3.8) is 0 Å². The van der Waals surface area contributed by atoms with Crippen LogP contribution in [0.2, 0.25) is 0 Å². The highest BCUT2D eigenvalue weighted by molar-refractivity contribution is 5.70. The van der Waals surface area contributed by atoms with Gasteiger partial charge in [-0.1, -0.05) is 0 Å². The molecule has 0 radical (unpaired) electrons. The molecular weight excluding hydrogens is 371 g/mol. The Morgan fingerprint density at radius 3 is 2.43 bits per heavy atom. The highest BCUT2D eigenvalue weighted by atomic mass is 19.4. The maximum atomic E-state index is 12.9. The topological polar surface area (TPSA) is 62.5 Å². The van der Waals surface area contributed by atoms with Crippen molar-refractivity contribution < 1.29 is 13.2 Å². The standard InChI is InChI=1S/C18H18F3N7/c19-18(20,21)15-3-4-23-17(24-15)27-9-7-26(8-10-27)16-14-11-13(12-1-2-12)25-28(14)6-5-22-16/h3-6,11-12H,1-2,7-10H2. The first-order valence-corrected chi connectivity index (χ1v) is 9.23. The number of nitrogens with zero attached hydrogens (tertiary/aromatic N) is 7. The lowest BCUT2D eigenvalue weighted by Gasteiger charge is -2.35. The second kappa shape index (κ2) is 6.32. The van der Waals surface area contributed by atoms with Crippen LogP contribution in [-0.4, -0.2) is 50.7 Å². The second-order valence-electron chi connectivity index (χ2n) is 7.14. The van der Waals surface area contributed by atoms with Gasteiger partial charge in [0.15, 0.2) is 5.82 Å². The number of hydrogen-bond donors (Lipinski definition) is 0. The first-order chi connectivity index (χ1) is 13.5. The number of hydrogen-bond acceptors (Lipinski definition) is 6. The number of fused-ring (bicyclic) bond motifs is 1. The molecule has 2 fully saturated rings. The molecular formula is C18H18F3N7. The highest BCUT2D eigenvalue weighted by Gasteiger charge is 2.34. The molecule has 1 aliphatic carbocycles. The molecule has 3 aromatic rings. The Morgan fingerprint density at radius 2 is 1.71 bits per heavy atom. The van der Waals surface area contributed by atoms with Gasteiger partial charge >= 0.3 is 6.18 Å². The summed E-state index contributed by atoms with van der Waals surface area (Å²) in [5, 5.41) is 4.64. The molecule has 0 bridgehead atoms. The van der Waals surface area contributed by atoms with E-state index in [4.69, 9.17) is 0 Å². The van der Waals surface area contributed by atoms with Crippen LogP contribution in [0, 0.1) is 0 Å². The van der Waals surface area contributed by atoms with Gasteiger partial charge in [-0.25, -0.2) is 19.5 Å². The molecule has 0 amide bonds. The summed E-state index contributed by atoms with van der Waals surface area (Å²) in [6.07, 6.45) is 2.63. The normalized spacial score (nSPS) is 18.1. The van der Waals surface area contributed by atoms with E-state index in [0.717, 1.165) is 29.3 Å².